The fraction of sp³-hybridized carbons (Fsp3) is 0.526. The molecule has 25 heavy (non-hydrogen) atoms. The Morgan fingerprint density at radius 2 is 2.16 bits per heavy atom. The first-order valence-corrected chi connectivity index (χ1v) is 8.64. The molecule has 3 rings (SSSR count). The summed E-state index contributed by atoms with van der Waals surface area (Å²) in [6.45, 7) is 12.6. The second-order valence-electron chi connectivity index (χ2n) is 7.10. The van der Waals surface area contributed by atoms with Crippen molar-refractivity contribution in [3.05, 3.63) is 41.5 Å². The van der Waals surface area contributed by atoms with Gasteiger partial charge in [0.1, 0.15) is 11.4 Å². The predicted octanol–water partition coefficient (Wildman–Crippen LogP) is 2.95. The quantitative estimate of drug-likeness (QED) is 0.589. The van der Waals surface area contributed by atoms with Crippen LogP contribution in [0.3, 0.4) is 0 Å². The van der Waals surface area contributed by atoms with E-state index in [1.54, 1.807) is 17.8 Å². The second kappa shape index (κ2) is 6.50. The molecule has 0 aromatic carbocycles. The molecule has 1 aliphatic heterocycles. The van der Waals surface area contributed by atoms with Gasteiger partial charge in [0, 0.05) is 30.4 Å². The lowest BCUT2D eigenvalue weighted by Gasteiger charge is -2.41. The zero-order valence-corrected chi connectivity index (χ0v) is 15.5. The van der Waals surface area contributed by atoms with Crippen LogP contribution in [0.1, 0.15) is 42.7 Å². The van der Waals surface area contributed by atoms with Gasteiger partial charge in [0.2, 0.25) is 0 Å². The number of hydrogen-bond acceptors (Lipinski definition) is 5. The summed E-state index contributed by atoms with van der Waals surface area (Å²) in [5, 5.41) is 4.41. The third-order valence-corrected chi connectivity index (χ3v) is 5.17. The maximum absolute atomic E-state index is 11.7. The lowest BCUT2D eigenvalue weighted by Crippen LogP contribution is -2.46. The zero-order valence-electron chi connectivity index (χ0n) is 15.5. The van der Waals surface area contributed by atoms with Crippen molar-refractivity contribution in [1.29, 1.82) is 0 Å². The van der Waals surface area contributed by atoms with E-state index in [0.717, 1.165) is 30.2 Å². The Kier molecular flexibility index (Phi) is 4.54. The first kappa shape index (κ1) is 17.5. The van der Waals surface area contributed by atoms with E-state index in [1.807, 2.05) is 19.9 Å². The zero-order chi connectivity index (χ0) is 18.2. The van der Waals surface area contributed by atoms with Gasteiger partial charge in [0.05, 0.1) is 19.3 Å². The Morgan fingerprint density at radius 1 is 1.48 bits per heavy atom. The van der Waals surface area contributed by atoms with E-state index >= 15 is 0 Å². The Bertz CT molecular complexity index is 760. The topological polar surface area (TPSA) is 59.7 Å². The Labute approximate surface area is 148 Å². The summed E-state index contributed by atoms with van der Waals surface area (Å²) in [6, 6.07) is 0. The number of allylic oxidation sites excluding steroid dienone is 2. The van der Waals surface area contributed by atoms with E-state index in [0.29, 0.717) is 23.2 Å². The molecular formula is C19H26N4O2. The van der Waals surface area contributed by atoms with Crippen molar-refractivity contribution < 1.29 is 9.53 Å². The van der Waals surface area contributed by atoms with E-state index in [-0.39, 0.29) is 5.97 Å². The van der Waals surface area contributed by atoms with Gasteiger partial charge in [-0.05, 0) is 39.2 Å². The number of aryl methyl sites for hydroxylation is 1. The van der Waals surface area contributed by atoms with Crippen molar-refractivity contribution in [3.8, 4) is 0 Å². The monoisotopic (exact) mass is 342 g/mol. The molecule has 0 amide bonds. The highest BCUT2D eigenvalue weighted by molar-refractivity contribution is 5.98. The maximum atomic E-state index is 11.7. The number of carbonyl (C=O) groups excluding carboxylic acids is 1. The van der Waals surface area contributed by atoms with Gasteiger partial charge >= 0.3 is 5.97 Å². The molecule has 1 spiro atoms. The van der Waals surface area contributed by atoms with Gasteiger partial charge in [-0.2, -0.15) is 5.10 Å². The van der Waals surface area contributed by atoms with Crippen molar-refractivity contribution in [2.45, 2.75) is 40.2 Å². The van der Waals surface area contributed by atoms with E-state index in [4.69, 9.17) is 4.74 Å². The smallest absolute Gasteiger partial charge is 0.341 e. The van der Waals surface area contributed by atoms with Crippen molar-refractivity contribution in [3.63, 3.8) is 0 Å². The van der Waals surface area contributed by atoms with Crippen LogP contribution in [0.4, 0.5) is 0 Å². The van der Waals surface area contributed by atoms with Crippen LogP contribution < -0.4 is 0 Å². The van der Waals surface area contributed by atoms with Gasteiger partial charge in [-0.1, -0.05) is 12.7 Å². The molecule has 1 aromatic rings. The minimum atomic E-state index is -0.365. The van der Waals surface area contributed by atoms with Crippen LogP contribution in [0.25, 0.3) is 0 Å². The van der Waals surface area contributed by atoms with Crippen molar-refractivity contribution in [2.24, 2.45) is 10.4 Å². The summed E-state index contributed by atoms with van der Waals surface area (Å²) >= 11 is 0. The van der Waals surface area contributed by atoms with E-state index in [1.165, 1.54) is 20.0 Å². The number of likely N-dealkylation sites (tertiary alicyclic amines) is 1. The Balaban J connectivity index is 1.66. The van der Waals surface area contributed by atoms with Crippen molar-refractivity contribution in [2.75, 3.05) is 20.2 Å². The molecule has 134 valence electrons. The summed E-state index contributed by atoms with van der Waals surface area (Å²) in [6.07, 6.45) is 6.44. The average molecular weight is 342 g/mol. The molecule has 1 aliphatic carbocycles. The minimum absolute atomic E-state index is 0.365. The molecule has 6 heteroatoms. The van der Waals surface area contributed by atoms with E-state index in [9.17, 15) is 4.79 Å². The standard InChI is InChI=1S/C19H26N4O2/c1-6-16(9-23-10-17(14(3)21-23)18(24)25-5)13(2)20-15(4)22-11-19(12-22)7-8-19/h6,10H,4,7-9,11-12H2,1-3,5H3/b16-6-,20-13-. The largest absolute Gasteiger partial charge is 0.465 e. The van der Waals surface area contributed by atoms with Crippen LogP contribution in [-0.4, -0.2) is 46.6 Å². The lowest BCUT2D eigenvalue weighted by molar-refractivity contribution is 0.0600. The summed E-state index contributed by atoms with van der Waals surface area (Å²) in [5.74, 6) is 0.470. The number of esters is 1. The molecule has 1 aromatic heterocycles. The van der Waals surface area contributed by atoms with Gasteiger partial charge < -0.3 is 9.64 Å². The molecular weight excluding hydrogens is 316 g/mol. The van der Waals surface area contributed by atoms with Gasteiger partial charge in [0.25, 0.3) is 0 Å². The number of hydrogen-bond donors (Lipinski definition) is 0. The first-order chi connectivity index (χ1) is 11.9. The Morgan fingerprint density at radius 3 is 2.72 bits per heavy atom. The van der Waals surface area contributed by atoms with E-state index in [2.05, 4.69) is 21.6 Å². The highest BCUT2D eigenvalue weighted by Gasteiger charge is 2.52. The summed E-state index contributed by atoms with van der Waals surface area (Å²) in [4.78, 5) is 18.7. The molecule has 2 fully saturated rings. The SMILES string of the molecule is C=C(/N=C(C)\C(=C/C)Cn1cc(C(=O)OC)c(C)n1)N1CC2(CC2)C1. The number of methoxy groups -OCH3 is 1. The van der Waals surface area contributed by atoms with Gasteiger partial charge in [-0.3, -0.25) is 4.68 Å². The fourth-order valence-corrected chi connectivity index (χ4v) is 3.27. The number of nitrogens with zero attached hydrogens (tertiary/aromatic N) is 4. The summed E-state index contributed by atoms with van der Waals surface area (Å²) in [5.41, 5.74) is 3.73. The molecule has 0 unspecified atom stereocenters. The fourth-order valence-electron chi connectivity index (χ4n) is 3.27. The Hall–Kier alpha value is -2.37. The van der Waals surface area contributed by atoms with Crippen LogP contribution in [-0.2, 0) is 11.3 Å². The first-order valence-electron chi connectivity index (χ1n) is 8.64. The van der Waals surface area contributed by atoms with Crippen molar-refractivity contribution >= 4 is 11.7 Å². The molecule has 2 aliphatic rings. The average Bonchev–Trinajstić information content (AvgIpc) is 3.28. The molecule has 0 bridgehead atoms. The van der Waals surface area contributed by atoms with Gasteiger partial charge in [0.15, 0.2) is 0 Å². The molecule has 1 saturated heterocycles. The third-order valence-electron chi connectivity index (χ3n) is 5.17. The number of ether oxygens (including phenoxy) is 1. The van der Waals surface area contributed by atoms with Gasteiger partial charge in [-0.15, -0.1) is 0 Å². The minimum Gasteiger partial charge on any atom is -0.465 e. The highest BCUT2D eigenvalue weighted by Crippen LogP contribution is 2.53. The molecule has 0 N–H and O–H groups in total. The van der Waals surface area contributed by atoms with Crippen LogP contribution >= 0.6 is 0 Å². The molecule has 0 radical (unpaired) electrons. The van der Waals surface area contributed by atoms with E-state index < -0.39 is 0 Å². The third kappa shape index (κ3) is 3.52. The number of aliphatic imine (C=N–C) groups is 1. The molecule has 2 heterocycles. The maximum Gasteiger partial charge on any atom is 0.341 e. The molecule has 6 nitrogen and oxygen atoms in total. The van der Waals surface area contributed by atoms with Crippen LogP contribution in [0.2, 0.25) is 0 Å². The second-order valence-corrected chi connectivity index (χ2v) is 7.10. The number of rotatable bonds is 6. The van der Waals surface area contributed by atoms with Gasteiger partial charge in [-0.25, -0.2) is 9.79 Å². The number of carbonyl (C=O) groups is 1. The summed E-state index contributed by atoms with van der Waals surface area (Å²) in [7, 11) is 1.38. The van der Waals surface area contributed by atoms with Crippen LogP contribution in [0.5, 0.6) is 0 Å². The molecule has 1 saturated carbocycles. The summed E-state index contributed by atoms with van der Waals surface area (Å²) < 4.78 is 6.53. The number of aromatic nitrogens is 2. The van der Waals surface area contributed by atoms with Crippen LogP contribution in [0, 0.1) is 12.3 Å². The van der Waals surface area contributed by atoms with Crippen molar-refractivity contribution in [1.82, 2.24) is 14.7 Å². The lowest BCUT2D eigenvalue weighted by atomic mass is 9.97. The highest BCUT2D eigenvalue weighted by atomic mass is 16.5. The normalized spacial score (nSPS) is 19.0. The predicted molar refractivity (Wildman–Crippen MR) is 97.5 cm³/mol. The van der Waals surface area contributed by atoms with Crippen LogP contribution in [0.15, 0.2) is 35.2 Å². The molecule has 0 atom stereocenters.